The van der Waals surface area contributed by atoms with E-state index in [0.29, 0.717) is 26.1 Å². The first-order valence-corrected chi connectivity index (χ1v) is 7.30. The Kier molecular flexibility index (Phi) is 4.82. The fourth-order valence-corrected chi connectivity index (χ4v) is 2.63. The number of hydrogen-bond acceptors (Lipinski definition) is 3. The van der Waals surface area contributed by atoms with Gasteiger partial charge >= 0.3 is 12.0 Å². The molecule has 0 bridgehead atoms. The Balaban J connectivity index is 1.95. The maximum atomic E-state index is 12.3. The van der Waals surface area contributed by atoms with Crippen LogP contribution in [0.4, 0.5) is 4.79 Å². The number of carboxylic acid groups (broad SMARTS) is 1. The average Bonchev–Trinajstić information content (AvgIpc) is 2.77. The third-order valence-corrected chi connectivity index (χ3v) is 3.59. The molecule has 2 heterocycles. The highest BCUT2D eigenvalue weighted by molar-refractivity contribution is 5.76. The van der Waals surface area contributed by atoms with Crippen LogP contribution in [0.15, 0.2) is 6.07 Å². The minimum atomic E-state index is -0.888. The van der Waals surface area contributed by atoms with Gasteiger partial charge in [0, 0.05) is 12.6 Å². The molecule has 0 fully saturated rings. The number of carbonyl (C=O) groups excluding carboxylic acids is 1. The van der Waals surface area contributed by atoms with Crippen LogP contribution in [0.5, 0.6) is 0 Å². The van der Waals surface area contributed by atoms with Gasteiger partial charge in [0.25, 0.3) is 0 Å². The van der Waals surface area contributed by atoms with Crippen molar-refractivity contribution in [1.82, 2.24) is 20.0 Å². The van der Waals surface area contributed by atoms with Crippen LogP contribution in [0.1, 0.15) is 37.6 Å². The summed E-state index contributed by atoms with van der Waals surface area (Å²) in [5.41, 5.74) is 1.96. The number of carbonyl (C=O) groups is 2. The molecule has 0 radical (unpaired) electrons. The Morgan fingerprint density at radius 1 is 1.48 bits per heavy atom. The number of amides is 2. The summed E-state index contributed by atoms with van der Waals surface area (Å²) < 4.78 is 1.92. The zero-order chi connectivity index (χ0) is 15.4. The van der Waals surface area contributed by atoms with Crippen molar-refractivity contribution in [2.24, 2.45) is 0 Å². The number of fused-ring (bicyclic) bond motifs is 1. The highest BCUT2D eigenvalue weighted by Crippen LogP contribution is 2.14. The summed E-state index contributed by atoms with van der Waals surface area (Å²) in [7, 11) is 0. The standard InChI is InChI=1S/C14H22N4O3/c1-3-4-11(8-13(19)20)15-14(21)17-5-6-18-12(9-17)7-10(2)16-18/h7,11H,3-6,8-9H2,1-2H3,(H,15,21)(H,19,20). The van der Waals surface area contributed by atoms with Crippen molar-refractivity contribution in [1.29, 1.82) is 0 Å². The van der Waals surface area contributed by atoms with Gasteiger partial charge in [-0.15, -0.1) is 0 Å². The fraction of sp³-hybridized carbons (Fsp3) is 0.643. The van der Waals surface area contributed by atoms with Crippen molar-refractivity contribution in [3.63, 3.8) is 0 Å². The molecule has 2 N–H and O–H groups in total. The molecule has 7 heteroatoms. The predicted octanol–water partition coefficient (Wildman–Crippen LogP) is 1.36. The molecule has 0 aromatic carbocycles. The van der Waals surface area contributed by atoms with Crippen molar-refractivity contribution in [2.45, 2.75) is 52.2 Å². The van der Waals surface area contributed by atoms with Crippen LogP contribution in [0.3, 0.4) is 0 Å². The van der Waals surface area contributed by atoms with E-state index in [1.54, 1.807) is 4.90 Å². The van der Waals surface area contributed by atoms with Crippen LogP contribution in [0.25, 0.3) is 0 Å². The molecule has 7 nitrogen and oxygen atoms in total. The number of aliphatic carboxylic acids is 1. The van der Waals surface area contributed by atoms with E-state index in [1.807, 2.05) is 24.6 Å². The van der Waals surface area contributed by atoms with Crippen molar-refractivity contribution in [3.05, 3.63) is 17.5 Å². The quantitative estimate of drug-likeness (QED) is 0.858. The Labute approximate surface area is 123 Å². The van der Waals surface area contributed by atoms with E-state index in [-0.39, 0.29) is 18.5 Å². The molecule has 0 saturated carbocycles. The smallest absolute Gasteiger partial charge is 0.318 e. The lowest BCUT2D eigenvalue weighted by atomic mass is 10.1. The molecule has 1 atom stereocenters. The summed E-state index contributed by atoms with van der Waals surface area (Å²) in [5.74, 6) is -0.888. The number of carboxylic acids is 1. The highest BCUT2D eigenvalue weighted by atomic mass is 16.4. The zero-order valence-electron chi connectivity index (χ0n) is 12.5. The minimum absolute atomic E-state index is 0.0372. The normalized spacial score (nSPS) is 15.4. The molecule has 1 aliphatic rings. The van der Waals surface area contributed by atoms with Gasteiger partial charge in [0.1, 0.15) is 0 Å². The van der Waals surface area contributed by atoms with Gasteiger partial charge in [0.15, 0.2) is 0 Å². The van der Waals surface area contributed by atoms with Gasteiger partial charge in [-0.05, 0) is 19.4 Å². The second-order valence-corrected chi connectivity index (χ2v) is 5.45. The second-order valence-electron chi connectivity index (χ2n) is 5.45. The summed E-state index contributed by atoms with van der Waals surface area (Å²) >= 11 is 0. The van der Waals surface area contributed by atoms with Crippen LogP contribution >= 0.6 is 0 Å². The number of nitrogens with zero attached hydrogens (tertiary/aromatic N) is 3. The van der Waals surface area contributed by atoms with Crippen molar-refractivity contribution in [2.75, 3.05) is 6.54 Å². The van der Waals surface area contributed by atoms with E-state index in [1.165, 1.54) is 0 Å². The molecule has 1 aromatic rings. The third-order valence-electron chi connectivity index (χ3n) is 3.59. The monoisotopic (exact) mass is 294 g/mol. The van der Waals surface area contributed by atoms with Crippen molar-refractivity contribution in [3.8, 4) is 0 Å². The van der Waals surface area contributed by atoms with Crippen LogP contribution in [-0.2, 0) is 17.9 Å². The number of hydrogen-bond donors (Lipinski definition) is 2. The van der Waals surface area contributed by atoms with Crippen LogP contribution in [-0.4, -0.2) is 44.4 Å². The average molecular weight is 294 g/mol. The van der Waals surface area contributed by atoms with Gasteiger partial charge in [-0.3, -0.25) is 9.48 Å². The van der Waals surface area contributed by atoms with Crippen molar-refractivity contribution >= 4 is 12.0 Å². The summed E-state index contributed by atoms with van der Waals surface area (Å²) in [6.07, 6.45) is 1.47. The maximum absolute atomic E-state index is 12.3. The number of urea groups is 1. The third kappa shape index (κ3) is 3.96. The highest BCUT2D eigenvalue weighted by Gasteiger charge is 2.24. The van der Waals surface area contributed by atoms with Gasteiger partial charge < -0.3 is 15.3 Å². The minimum Gasteiger partial charge on any atom is -0.481 e. The van der Waals surface area contributed by atoms with Crippen LogP contribution in [0.2, 0.25) is 0 Å². The topological polar surface area (TPSA) is 87.5 Å². The molecule has 0 saturated heterocycles. The molecular weight excluding hydrogens is 272 g/mol. The lowest BCUT2D eigenvalue weighted by molar-refractivity contribution is -0.137. The van der Waals surface area contributed by atoms with Gasteiger partial charge in [-0.1, -0.05) is 13.3 Å². The number of nitrogens with one attached hydrogen (secondary N) is 1. The van der Waals surface area contributed by atoms with E-state index in [4.69, 9.17) is 5.11 Å². The number of rotatable bonds is 5. The molecule has 1 unspecified atom stereocenters. The Morgan fingerprint density at radius 3 is 2.90 bits per heavy atom. The molecular formula is C14H22N4O3. The van der Waals surface area contributed by atoms with Crippen LogP contribution < -0.4 is 5.32 Å². The number of aryl methyl sites for hydroxylation is 1. The molecule has 2 amide bonds. The summed E-state index contributed by atoms with van der Waals surface area (Å²) in [5, 5.41) is 16.1. The molecule has 0 aliphatic carbocycles. The fourth-order valence-electron chi connectivity index (χ4n) is 2.63. The maximum Gasteiger partial charge on any atom is 0.318 e. The van der Waals surface area contributed by atoms with Gasteiger partial charge in [0.05, 0.1) is 30.9 Å². The van der Waals surface area contributed by atoms with E-state index in [0.717, 1.165) is 17.8 Å². The Hall–Kier alpha value is -2.05. The first-order chi connectivity index (χ1) is 9.99. The van der Waals surface area contributed by atoms with Crippen LogP contribution in [0, 0.1) is 6.92 Å². The Bertz CT molecular complexity index is 526. The molecule has 1 aromatic heterocycles. The first kappa shape index (κ1) is 15.3. The lowest BCUT2D eigenvalue weighted by Gasteiger charge is -2.29. The number of aromatic nitrogens is 2. The van der Waals surface area contributed by atoms with E-state index in [2.05, 4.69) is 10.4 Å². The SMILES string of the molecule is CCCC(CC(=O)O)NC(=O)N1CCn2nc(C)cc2C1. The Morgan fingerprint density at radius 2 is 2.24 bits per heavy atom. The lowest BCUT2D eigenvalue weighted by Crippen LogP contribution is -2.48. The zero-order valence-corrected chi connectivity index (χ0v) is 12.5. The van der Waals surface area contributed by atoms with Crippen molar-refractivity contribution < 1.29 is 14.7 Å². The van der Waals surface area contributed by atoms with E-state index in [9.17, 15) is 9.59 Å². The predicted molar refractivity (Wildman–Crippen MR) is 76.9 cm³/mol. The largest absolute Gasteiger partial charge is 0.481 e. The van der Waals surface area contributed by atoms with Gasteiger partial charge in [-0.25, -0.2) is 4.79 Å². The second kappa shape index (κ2) is 6.60. The summed E-state index contributed by atoms with van der Waals surface area (Å²) in [4.78, 5) is 24.8. The molecule has 1 aliphatic heterocycles. The molecule has 21 heavy (non-hydrogen) atoms. The molecule has 116 valence electrons. The van der Waals surface area contributed by atoms with Gasteiger partial charge in [0.2, 0.25) is 0 Å². The van der Waals surface area contributed by atoms with Gasteiger partial charge in [-0.2, -0.15) is 5.10 Å². The van der Waals surface area contributed by atoms with E-state index < -0.39 is 5.97 Å². The summed E-state index contributed by atoms with van der Waals surface area (Å²) in [6.45, 7) is 5.68. The molecule has 0 spiro atoms. The summed E-state index contributed by atoms with van der Waals surface area (Å²) in [6, 6.07) is 1.47. The first-order valence-electron chi connectivity index (χ1n) is 7.30. The van der Waals surface area contributed by atoms with E-state index >= 15 is 0 Å². The molecule has 2 rings (SSSR count).